The molecule has 1 amide bonds. The topological polar surface area (TPSA) is 73.9 Å². The Morgan fingerprint density at radius 1 is 1.19 bits per heavy atom. The lowest BCUT2D eigenvalue weighted by atomic mass is 10.1. The molecule has 0 fully saturated rings. The zero-order chi connectivity index (χ0) is 19.4. The van der Waals surface area contributed by atoms with Crippen molar-refractivity contribution in [3.63, 3.8) is 0 Å². The van der Waals surface area contributed by atoms with Crippen LogP contribution in [0, 0.1) is 6.92 Å². The monoisotopic (exact) mass is 389 g/mol. The van der Waals surface area contributed by atoms with E-state index in [1.54, 1.807) is 25.1 Å². The molecule has 3 rings (SSSR count). The van der Waals surface area contributed by atoms with E-state index in [1.165, 1.54) is 11.3 Å². The average molecular weight is 389 g/mol. The third kappa shape index (κ3) is 4.08. The Morgan fingerprint density at radius 2 is 1.93 bits per heavy atom. The van der Waals surface area contributed by atoms with Crippen molar-refractivity contribution in [1.82, 2.24) is 0 Å². The molecule has 6 nitrogen and oxygen atoms in total. The summed E-state index contributed by atoms with van der Waals surface area (Å²) in [4.78, 5) is 26.2. The van der Waals surface area contributed by atoms with E-state index >= 15 is 0 Å². The first-order valence-corrected chi connectivity index (χ1v) is 9.87. The van der Waals surface area contributed by atoms with E-state index in [2.05, 4.69) is 5.32 Å². The SMILES string of the molecule is CCOC(=O)c1c(NC(=O)c2ccc3c(c2)OCCCO3)sc(C)c1CC. The molecule has 1 aliphatic rings. The molecule has 1 N–H and O–H groups in total. The van der Waals surface area contributed by atoms with Gasteiger partial charge in [-0.25, -0.2) is 4.79 Å². The van der Waals surface area contributed by atoms with E-state index in [0.29, 0.717) is 47.3 Å². The molecule has 0 saturated carbocycles. The van der Waals surface area contributed by atoms with Crippen LogP contribution in [0.15, 0.2) is 18.2 Å². The van der Waals surface area contributed by atoms with Crippen LogP contribution < -0.4 is 14.8 Å². The lowest BCUT2D eigenvalue weighted by Gasteiger charge is -2.10. The van der Waals surface area contributed by atoms with Gasteiger partial charge in [-0.1, -0.05) is 6.92 Å². The average Bonchev–Trinajstić information content (AvgIpc) is 2.81. The third-order valence-electron chi connectivity index (χ3n) is 4.28. The number of anilines is 1. The van der Waals surface area contributed by atoms with E-state index in [0.717, 1.165) is 16.9 Å². The van der Waals surface area contributed by atoms with Crippen LogP contribution in [-0.4, -0.2) is 31.7 Å². The smallest absolute Gasteiger partial charge is 0.341 e. The summed E-state index contributed by atoms with van der Waals surface area (Å²) in [7, 11) is 0. The molecular weight excluding hydrogens is 366 g/mol. The lowest BCUT2D eigenvalue weighted by Crippen LogP contribution is -2.15. The fraction of sp³-hybridized carbons (Fsp3) is 0.400. The maximum Gasteiger partial charge on any atom is 0.341 e. The van der Waals surface area contributed by atoms with Gasteiger partial charge in [0.2, 0.25) is 0 Å². The summed E-state index contributed by atoms with van der Waals surface area (Å²) in [6.07, 6.45) is 1.49. The molecule has 0 spiro atoms. The van der Waals surface area contributed by atoms with Gasteiger partial charge in [0, 0.05) is 16.9 Å². The van der Waals surface area contributed by atoms with E-state index in [1.807, 2.05) is 13.8 Å². The number of fused-ring (bicyclic) bond motifs is 1. The van der Waals surface area contributed by atoms with Crippen molar-refractivity contribution in [2.75, 3.05) is 25.1 Å². The number of benzene rings is 1. The summed E-state index contributed by atoms with van der Waals surface area (Å²) >= 11 is 1.39. The zero-order valence-electron chi connectivity index (χ0n) is 15.7. The van der Waals surface area contributed by atoms with Gasteiger partial charge in [0.1, 0.15) is 5.00 Å². The Morgan fingerprint density at radius 3 is 2.63 bits per heavy atom. The predicted molar refractivity (Wildman–Crippen MR) is 104 cm³/mol. The second-order valence-electron chi connectivity index (χ2n) is 6.08. The number of hydrogen-bond donors (Lipinski definition) is 1. The number of hydrogen-bond acceptors (Lipinski definition) is 6. The Labute approximate surface area is 162 Å². The van der Waals surface area contributed by atoms with Crippen molar-refractivity contribution in [3.8, 4) is 11.5 Å². The Balaban J connectivity index is 1.88. The fourth-order valence-electron chi connectivity index (χ4n) is 2.99. The van der Waals surface area contributed by atoms with Crippen molar-refractivity contribution in [1.29, 1.82) is 0 Å². The minimum Gasteiger partial charge on any atom is -0.490 e. The van der Waals surface area contributed by atoms with Gasteiger partial charge in [-0.15, -0.1) is 11.3 Å². The first-order chi connectivity index (χ1) is 13.0. The van der Waals surface area contributed by atoms with Crippen molar-refractivity contribution >= 4 is 28.2 Å². The molecule has 2 heterocycles. The van der Waals surface area contributed by atoms with Gasteiger partial charge in [0.25, 0.3) is 5.91 Å². The second kappa shape index (κ2) is 8.43. The van der Waals surface area contributed by atoms with E-state index in [4.69, 9.17) is 14.2 Å². The molecular formula is C20H23NO5S. The molecule has 0 aliphatic carbocycles. The molecule has 0 unspecified atom stereocenters. The van der Waals surface area contributed by atoms with Crippen LogP contribution >= 0.6 is 11.3 Å². The number of esters is 1. The number of ether oxygens (including phenoxy) is 3. The molecule has 0 saturated heterocycles. The summed E-state index contributed by atoms with van der Waals surface area (Å²) < 4.78 is 16.4. The Hall–Kier alpha value is -2.54. The van der Waals surface area contributed by atoms with Gasteiger partial charge in [-0.3, -0.25) is 4.79 Å². The summed E-state index contributed by atoms with van der Waals surface area (Å²) in [6, 6.07) is 5.09. The summed E-state index contributed by atoms with van der Waals surface area (Å²) in [6.45, 7) is 7.11. The van der Waals surface area contributed by atoms with Crippen LogP contribution in [0.2, 0.25) is 0 Å². The quantitative estimate of drug-likeness (QED) is 0.776. The fourth-order valence-corrected chi connectivity index (χ4v) is 4.12. The number of nitrogens with one attached hydrogen (secondary N) is 1. The zero-order valence-corrected chi connectivity index (χ0v) is 16.5. The van der Waals surface area contributed by atoms with Crippen LogP contribution in [0.3, 0.4) is 0 Å². The van der Waals surface area contributed by atoms with Crippen molar-refractivity contribution in [2.45, 2.75) is 33.6 Å². The molecule has 0 bridgehead atoms. The lowest BCUT2D eigenvalue weighted by molar-refractivity contribution is 0.0527. The maximum absolute atomic E-state index is 12.8. The molecule has 0 atom stereocenters. The number of amides is 1. The van der Waals surface area contributed by atoms with E-state index in [-0.39, 0.29) is 12.5 Å². The molecule has 144 valence electrons. The molecule has 1 aromatic heterocycles. The van der Waals surface area contributed by atoms with Gasteiger partial charge in [-0.05, 0) is 44.0 Å². The summed E-state index contributed by atoms with van der Waals surface area (Å²) in [5.74, 6) is 0.478. The number of thiophene rings is 1. The highest BCUT2D eigenvalue weighted by Crippen LogP contribution is 2.35. The van der Waals surface area contributed by atoms with Gasteiger partial charge in [0.15, 0.2) is 11.5 Å². The molecule has 1 aromatic carbocycles. The predicted octanol–water partition coefficient (Wildman–Crippen LogP) is 4.21. The summed E-state index contributed by atoms with van der Waals surface area (Å²) in [5, 5.41) is 3.38. The summed E-state index contributed by atoms with van der Waals surface area (Å²) in [5.41, 5.74) is 1.80. The first-order valence-electron chi connectivity index (χ1n) is 9.05. The normalized spacial score (nSPS) is 13.0. The molecule has 7 heteroatoms. The third-order valence-corrected chi connectivity index (χ3v) is 5.34. The van der Waals surface area contributed by atoms with E-state index in [9.17, 15) is 9.59 Å². The van der Waals surface area contributed by atoms with Crippen LogP contribution in [0.4, 0.5) is 5.00 Å². The van der Waals surface area contributed by atoms with Gasteiger partial charge < -0.3 is 19.5 Å². The second-order valence-corrected chi connectivity index (χ2v) is 7.31. The number of aryl methyl sites for hydroxylation is 1. The van der Waals surface area contributed by atoms with E-state index < -0.39 is 5.97 Å². The minimum atomic E-state index is -0.410. The van der Waals surface area contributed by atoms with Crippen molar-refractivity contribution < 1.29 is 23.8 Å². The van der Waals surface area contributed by atoms with Crippen LogP contribution in [-0.2, 0) is 11.2 Å². The van der Waals surface area contributed by atoms with Gasteiger partial charge in [-0.2, -0.15) is 0 Å². The van der Waals surface area contributed by atoms with Crippen LogP contribution in [0.5, 0.6) is 11.5 Å². The highest BCUT2D eigenvalue weighted by Gasteiger charge is 2.24. The largest absolute Gasteiger partial charge is 0.490 e. The molecule has 2 aromatic rings. The number of carbonyl (C=O) groups excluding carboxylic acids is 2. The first kappa shape index (κ1) is 19.2. The highest BCUT2D eigenvalue weighted by atomic mass is 32.1. The van der Waals surface area contributed by atoms with Crippen LogP contribution in [0.25, 0.3) is 0 Å². The standard InChI is InChI=1S/C20H23NO5S/c1-4-14-12(3)27-19(17(14)20(23)24-5-2)21-18(22)13-7-8-15-16(11-13)26-10-6-9-25-15/h7-8,11H,4-6,9-10H2,1-3H3,(H,21,22). The highest BCUT2D eigenvalue weighted by molar-refractivity contribution is 7.16. The van der Waals surface area contributed by atoms with Gasteiger partial charge in [0.05, 0.1) is 25.4 Å². The van der Waals surface area contributed by atoms with Gasteiger partial charge >= 0.3 is 5.97 Å². The molecule has 1 aliphatic heterocycles. The molecule has 0 radical (unpaired) electrons. The van der Waals surface area contributed by atoms with Crippen LogP contribution in [0.1, 0.15) is 51.4 Å². The number of rotatable bonds is 5. The van der Waals surface area contributed by atoms with Crippen molar-refractivity contribution in [3.05, 3.63) is 39.8 Å². The number of carbonyl (C=O) groups is 2. The molecule has 27 heavy (non-hydrogen) atoms. The maximum atomic E-state index is 12.8. The Bertz CT molecular complexity index is 858. The van der Waals surface area contributed by atoms with Crippen molar-refractivity contribution in [2.24, 2.45) is 0 Å². The minimum absolute atomic E-state index is 0.284. The Kier molecular flexibility index (Phi) is 6.01.